The average Bonchev–Trinajstić information content (AvgIpc) is 2.79. The minimum Gasteiger partial charge on any atom is -0.335 e. The van der Waals surface area contributed by atoms with Crippen molar-refractivity contribution in [3.8, 4) is 0 Å². The highest BCUT2D eigenvalue weighted by Gasteiger charge is 2.22. The number of nitrogens with zero attached hydrogens (tertiary/aromatic N) is 1. The normalized spacial score (nSPS) is 14.1. The Morgan fingerprint density at radius 1 is 1.08 bits per heavy atom. The molecule has 134 valence electrons. The molecule has 2 heterocycles. The van der Waals surface area contributed by atoms with Gasteiger partial charge in [-0.25, -0.2) is 0 Å². The number of para-hydroxylation sites is 1. The molecule has 26 heavy (non-hydrogen) atoms. The van der Waals surface area contributed by atoms with Crippen LogP contribution in [0, 0.1) is 0 Å². The number of halogens is 2. The molecule has 0 unspecified atom stereocenters. The van der Waals surface area contributed by atoms with Crippen molar-refractivity contribution in [1.29, 1.82) is 0 Å². The fourth-order valence-electron chi connectivity index (χ4n) is 3.65. The fourth-order valence-corrected chi connectivity index (χ4v) is 4.08. The minimum atomic E-state index is -0.0563. The molecule has 1 aliphatic rings. The van der Waals surface area contributed by atoms with Gasteiger partial charge in [-0.05, 0) is 42.8 Å². The van der Waals surface area contributed by atoms with Crippen LogP contribution in [-0.4, -0.2) is 23.6 Å². The van der Waals surface area contributed by atoms with Crippen LogP contribution < -0.4 is 10.6 Å². The van der Waals surface area contributed by atoms with Gasteiger partial charge < -0.3 is 15.2 Å². The number of hydrogen-bond donors (Lipinski definition) is 2. The molecule has 4 rings (SSSR count). The van der Waals surface area contributed by atoms with E-state index < -0.39 is 0 Å². The Morgan fingerprint density at radius 3 is 2.65 bits per heavy atom. The molecule has 0 saturated carbocycles. The van der Waals surface area contributed by atoms with E-state index in [-0.39, 0.29) is 12.5 Å². The molecule has 2 aromatic carbocycles. The van der Waals surface area contributed by atoms with Crippen molar-refractivity contribution in [2.45, 2.75) is 19.4 Å². The van der Waals surface area contributed by atoms with E-state index in [0.717, 1.165) is 48.2 Å². The lowest BCUT2D eigenvalue weighted by Gasteiger charge is -2.11. The van der Waals surface area contributed by atoms with Crippen LogP contribution in [0.15, 0.2) is 42.5 Å². The zero-order chi connectivity index (χ0) is 18.1. The molecule has 0 fully saturated rings. The molecule has 0 saturated heterocycles. The molecule has 0 radical (unpaired) electrons. The van der Waals surface area contributed by atoms with Crippen molar-refractivity contribution >= 4 is 45.7 Å². The Morgan fingerprint density at radius 2 is 1.85 bits per heavy atom. The standard InChI is InChI=1S/C20H19Cl2N3O/c21-15-6-7-17-19(20(15)22)14-8-10-23-11-9-16(14)25(17)12-18(26)24-13-4-2-1-3-5-13/h1-7,23H,8-12H2,(H,24,26). The molecular weight excluding hydrogens is 369 g/mol. The van der Waals surface area contributed by atoms with Crippen LogP contribution in [0.4, 0.5) is 5.69 Å². The van der Waals surface area contributed by atoms with E-state index in [2.05, 4.69) is 15.2 Å². The SMILES string of the molecule is O=C(Cn1c2c(c3c(Cl)c(Cl)ccc31)CCNCC2)Nc1ccccc1. The number of carbonyl (C=O) groups excluding carboxylic acids is 1. The van der Waals surface area contributed by atoms with E-state index in [4.69, 9.17) is 23.2 Å². The first kappa shape index (κ1) is 17.4. The summed E-state index contributed by atoms with van der Waals surface area (Å²) in [5, 5.41) is 8.47. The number of anilines is 1. The van der Waals surface area contributed by atoms with E-state index in [1.54, 1.807) is 6.07 Å². The average molecular weight is 388 g/mol. The Kier molecular flexibility index (Phi) is 4.90. The van der Waals surface area contributed by atoms with Gasteiger partial charge in [0.25, 0.3) is 0 Å². The second kappa shape index (κ2) is 7.31. The third-order valence-electron chi connectivity index (χ3n) is 4.79. The number of aromatic nitrogens is 1. The topological polar surface area (TPSA) is 46.1 Å². The molecule has 6 heteroatoms. The smallest absolute Gasteiger partial charge is 0.244 e. The van der Waals surface area contributed by atoms with Gasteiger partial charge in [-0.2, -0.15) is 0 Å². The molecular formula is C20H19Cl2N3O. The molecule has 2 N–H and O–H groups in total. The van der Waals surface area contributed by atoms with Crippen LogP contribution in [0.1, 0.15) is 11.3 Å². The summed E-state index contributed by atoms with van der Waals surface area (Å²) in [4.78, 5) is 12.6. The van der Waals surface area contributed by atoms with Crippen LogP contribution in [0.5, 0.6) is 0 Å². The van der Waals surface area contributed by atoms with E-state index in [1.807, 2.05) is 36.4 Å². The first-order valence-electron chi connectivity index (χ1n) is 8.68. The summed E-state index contributed by atoms with van der Waals surface area (Å²) in [7, 11) is 0. The molecule has 4 nitrogen and oxygen atoms in total. The van der Waals surface area contributed by atoms with E-state index in [0.29, 0.717) is 10.0 Å². The molecule has 1 aromatic heterocycles. The van der Waals surface area contributed by atoms with Gasteiger partial charge in [0.15, 0.2) is 0 Å². The quantitative estimate of drug-likeness (QED) is 0.704. The maximum absolute atomic E-state index is 12.6. The maximum atomic E-state index is 12.6. The van der Waals surface area contributed by atoms with Crippen molar-refractivity contribution in [3.63, 3.8) is 0 Å². The van der Waals surface area contributed by atoms with E-state index in [1.165, 1.54) is 5.56 Å². The Balaban J connectivity index is 1.75. The molecule has 0 atom stereocenters. The summed E-state index contributed by atoms with van der Waals surface area (Å²) in [6.45, 7) is 2.03. The summed E-state index contributed by atoms with van der Waals surface area (Å²) in [6.07, 6.45) is 1.73. The highest BCUT2D eigenvalue weighted by Crippen LogP contribution is 2.37. The summed E-state index contributed by atoms with van der Waals surface area (Å²) < 4.78 is 2.08. The Bertz CT molecular complexity index is 966. The summed E-state index contributed by atoms with van der Waals surface area (Å²) >= 11 is 12.8. The third kappa shape index (κ3) is 3.20. The predicted molar refractivity (Wildman–Crippen MR) is 107 cm³/mol. The molecule has 0 bridgehead atoms. The summed E-state index contributed by atoms with van der Waals surface area (Å²) in [5.74, 6) is -0.0563. The summed E-state index contributed by atoms with van der Waals surface area (Å²) in [5.41, 5.74) is 4.12. The number of nitrogens with one attached hydrogen (secondary N) is 2. The van der Waals surface area contributed by atoms with Crippen molar-refractivity contribution in [2.75, 3.05) is 18.4 Å². The molecule has 0 spiro atoms. The highest BCUT2D eigenvalue weighted by molar-refractivity contribution is 6.45. The zero-order valence-electron chi connectivity index (χ0n) is 14.2. The van der Waals surface area contributed by atoms with Crippen LogP contribution in [-0.2, 0) is 24.2 Å². The Hall–Kier alpha value is -2.01. The van der Waals surface area contributed by atoms with Crippen LogP contribution >= 0.6 is 23.2 Å². The Labute approximate surface area is 162 Å². The lowest BCUT2D eigenvalue weighted by molar-refractivity contribution is -0.116. The highest BCUT2D eigenvalue weighted by atomic mass is 35.5. The molecule has 3 aromatic rings. The largest absolute Gasteiger partial charge is 0.335 e. The first-order valence-corrected chi connectivity index (χ1v) is 9.44. The third-order valence-corrected chi connectivity index (χ3v) is 5.59. The van der Waals surface area contributed by atoms with Gasteiger partial charge in [-0.15, -0.1) is 0 Å². The number of carbonyl (C=O) groups is 1. The monoisotopic (exact) mass is 387 g/mol. The van der Waals surface area contributed by atoms with Crippen LogP contribution in [0.25, 0.3) is 10.9 Å². The van der Waals surface area contributed by atoms with Gasteiger partial charge in [0.05, 0.1) is 15.6 Å². The van der Waals surface area contributed by atoms with Crippen molar-refractivity contribution in [3.05, 3.63) is 63.8 Å². The van der Waals surface area contributed by atoms with E-state index >= 15 is 0 Å². The molecule has 1 aliphatic heterocycles. The lowest BCUT2D eigenvalue weighted by atomic mass is 10.1. The van der Waals surface area contributed by atoms with Crippen LogP contribution in [0.2, 0.25) is 10.0 Å². The number of benzene rings is 2. The molecule has 1 amide bonds. The van der Waals surface area contributed by atoms with E-state index in [9.17, 15) is 4.79 Å². The number of hydrogen-bond acceptors (Lipinski definition) is 2. The number of rotatable bonds is 3. The van der Waals surface area contributed by atoms with Gasteiger partial charge in [0.2, 0.25) is 5.91 Å². The fraction of sp³-hybridized carbons (Fsp3) is 0.250. The van der Waals surface area contributed by atoms with Gasteiger partial charge >= 0.3 is 0 Å². The van der Waals surface area contributed by atoms with Crippen molar-refractivity contribution in [1.82, 2.24) is 9.88 Å². The van der Waals surface area contributed by atoms with Gasteiger partial charge in [0.1, 0.15) is 6.54 Å². The van der Waals surface area contributed by atoms with Crippen molar-refractivity contribution < 1.29 is 4.79 Å². The van der Waals surface area contributed by atoms with Crippen molar-refractivity contribution in [2.24, 2.45) is 0 Å². The zero-order valence-corrected chi connectivity index (χ0v) is 15.7. The van der Waals surface area contributed by atoms with Gasteiger partial charge in [-0.3, -0.25) is 4.79 Å². The lowest BCUT2D eigenvalue weighted by Crippen LogP contribution is -2.21. The number of fused-ring (bicyclic) bond motifs is 3. The minimum absolute atomic E-state index is 0.0563. The second-order valence-electron chi connectivity index (χ2n) is 6.43. The van der Waals surface area contributed by atoms with Gasteiger partial charge in [-0.1, -0.05) is 41.4 Å². The summed E-state index contributed by atoms with van der Waals surface area (Å²) in [6, 6.07) is 13.3. The second-order valence-corrected chi connectivity index (χ2v) is 7.22. The predicted octanol–water partition coefficient (Wildman–Crippen LogP) is 4.28. The first-order chi connectivity index (χ1) is 12.6. The molecule has 0 aliphatic carbocycles. The van der Waals surface area contributed by atoms with Crippen LogP contribution in [0.3, 0.4) is 0 Å². The van der Waals surface area contributed by atoms with Gasteiger partial charge in [0, 0.05) is 29.7 Å². The maximum Gasteiger partial charge on any atom is 0.244 e. The number of amides is 1.